The number of nitrogens with two attached hydrogens (primary N) is 2. The molecule has 1 saturated heterocycles. The Kier molecular flexibility index (Phi) is 5.98. The van der Waals surface area contributed by atoms with Gasteiger partial charge in [0.15, 0.2) is 0 Å². The van der Waals surface area contributed by atoms with Crippen LogP contribution < -0.4 is 16.8 Å². The number of carbonyl (C=O) groups is 1. The molecule has 0 saturated carbocycles. The maximum absolute atomic E-state index is 10.0. The van der Waals surface area contributed by atoms with Crippen molar-refractivity contribution in [3.05, 3.63) is 35.9 Å². The zero-order valence-corrected chi connectivity index (χ0v) is 12.4. The predicted octanol–water partition coefficient (Wildman–Crippen LogP) is 1.58. The van der Waals surface area contributed by atoms with Crippen molar-refractivity contribution in [2.75, 3.05) is 13.1 Å². The molecule has 1 heterocycles. The van der Waals surface area contributed by atoms with E-state index in [2.05, 4.69) is 34.3 Å². The Hall–Kier alpha value is -1.59. The van der Waals surface area contributed by atoms with Gasteiger partial charge >= 0.3 is 6.09 Å². The predicted molar refractivity (Wildman–Crippen MR) is 80.4 cm³/mol. The number of amides is 1. The molecule has 5 nitrogen and oxygen atoms in total. The first-order chi connectivity index (χ1) is 9.29. The van der Waals surface area contributed by atoms with Gasteiger partial charge in [-0.2, -0.15) is 0 Å². The zero-order valence-electron chi connectivity index (χ0n) is 12.4. The first-order valence-electron chi connectivity index (χ1n) is 6.79. The summed E-state index contributed by atoms with van der Waals surface area (Å²) >= 11 is 0. The second-order valence-electron chi connectivity index (χ2n) is 5.87. The Morgan fingerprint density at radius 1 is 1.25 bits per heavy atom. The fourth-order valence-electron chi connectivity index (χ4n) is 2.07. The van der Waals surface area contributed by atoms with Crippen LogP contribution in [0.3, 0.4) is 0 Å². The van der Waals surface area contributed by atoms with Crippen LogP contribution in [-0.4, -0.2) is 30.8 Å². The van der Waals surface area contributed by atoms with Gasteiger partial charge in [0, 0.05) is 25.0 Å². The number of carbonyl (C=O) groups excluding carboxylic acids is 1. The molecule has 5 heteroatoms. The largest absolute Gasteiger partial charge is 0.444 e. The highest BCUT2D eigenvalue weighted by Gasteiger charge is 2.24. The summed E-state index contributed by atoms with van der Waals surface area (Å²) in [5.41, 5.74) is 11.6. The Morgan fingerprint density at radius 3 is 2.20 bits per heavy atom. The van der Waals surface area contributed by atoms with Crippen molar-refractivity contribution in [2.24, 2.45) is 11.5 Å². The van der Waals surface area contributed by atoms with Crippen LogP contribution in [0.15, 0.2) is 30.3 Å². The molecule has 1 aliphatic heterocycles. The van der Waals surface area contributed by atoms with Crippen LogP contribution in [0, 0.1) is 0 Å². The average molecular weight is 279 g/mol. The first-order valence-corrected chi connectivity index (χ1v) is 6.79. The Bertz CT molecular complexity index is 415. The van der Waals surface area contributed by atoms with Crippen molar-refractivity contribution in [1.82, 2.24) is 5.32 Å². The minimum Gasteiger partial charge on any atom is -0.444 e. The van der Waals surface area contributed by atoms with Crippen LogP contribution >= 0.6 is 0 Å². The summed E-state index contributed by atoms with van der Waals surface area (Å²) in [5.74, 6) is 0.506. The molecular formula is C15H25N3O2. The summed E-state index contributed by atoms with van der Waals surface area (Å²) in [6.45, 7) is 7.25. The number of nitrogens with one attached hydrogen (secondary N) is 1. The molecule has 0 spiro atoms. The molecule has 0 radical (unpaired) electrons. The highest BCUT2D eigenvalue weighted by atomic mass is 16.6. The number of benzene rings is 1. The van der Waals surface area contributed by atoms with E-state index < -0.39 is 11.7 Å². The molecule has 20 heavy (non-hydrogen) atoms. The summed E-state index contributed by atoms with van der Waals surface area (Å²) in [5, 5.41) is 3.30. The second-order valence-corrected chi connectivity index (χ2v) is 5.87. The molecule has 1 aliphatic rings. The molecule has 1 fully saturated rings. The van der Waals surface area contributed by atoms with Crippen molar-refractivity contribution >= 4 is 6.09 Å². The summed E-state index contributed by atoms with van der Waals surface area (Å²) in [6.07, 6.45) is -0.725. The van der Waals surface area contributed by atoms with Crippen LogP contribution in [0.2, 0.25) is 0 Å². The summed E-state index contributed by atoms with van der Waals surface area (Å²) in [6, 6.07) is 10.8. The van der Waals surface area contributed by atoms with Gasteiger partial charge < -0.3 is 21.5 Å². The number of hydrogen-bond donors (Lipinski definition) is 3. The third-order valence-corrected chi connectivity index (χ3v) is 2.90. The smallest absolute Gasteiger partial charge is 0.405 e. The van der Waals surface area contributed by atoms with Gasteiger partial charge in [-0.3, -0.25) is 0 Å². The van der Waals surface area contributed by atoms with Gasteiger partial charge in [0.25, 0.3) is 0 Å². The van der Waals surface area contributed by atoms with E-state index >= 15 is 0 Å². The lowest BCUT2D eigenvalue weighted by Gasteiger charge is -2.16. The van der Waals surface area contributed by atoms with Crippen LogP contribution in [0.4, 0.5) is 4.79 Å². The number of hydrogen-bond acceptors (Lipinski definition) is 4. The summed E-state index contributed by atoms with van der Waals surface area (Å²) < 4.78 is 4.58. The zero-order chi connectivity index (χ0) is 15.2. The maximum atomic E-state index is 10.0. The summed E-state index contributed by atoms with van der Waals surface area (Å²) in [7, 11) is 0. The van der Waals surface area contributed by atoms with E-state index in [1.165, 1.54) is 5.56 Å². The van der Waals surface area contributed by atoms with Crippen LogP contribution in [0.25, 0.3) is 0 Å². The fourth-order valence-corrected chi connectivity index (χ4v) is 2.07. The minimum absolute atomic E-state index is 0.285. The molecule has 2 atom stereocenters. The van der Waals surface area contributed by atoms with Gasteiger partial charge in [0.1, 0.15) is 5.60 Å². The summed E-state index contributed by atoms with van der Waals surface area (Å²) in [4.78, 5) is 10.0. The van der Waals surface area contributed by atoms with E-state index in [4.69, 9.17) is 11.5 Å². The Morgan fingerprint density at radius 2 is 1.85 bits per heavy atom. The molecule has 2 rings (SSSR count). The number of ether oxygens (including phenoxy) is 1. The van der Waals surface area contributed by atoms with Gasteiger partial charge in [-0.05, 0) is 26.3 Å². The molecular weight excluding hydrogens is 254 g/mol. The van der Waals surface area contributed by atoms with E-state index in [0.717, 1.165) is 13.1 Å². The molecule has 0 aromatic heterocycles. The van der Waals surface area contributed by atoms with Gasteiger partial charge in [-0.25, -0.2) is 4.79 Å². The molecule has 0 aliphatic carbocycles. The highest BCUT2D eigenvalue weighted by Crippen LogP contribution is 2.20. The van der Waals surface area contributed by atoms with Crippen molar-refractivity contribution in [2.45, 2.75) is 38.3 Å². The SMILES string of the molecule is CC(C)(C)OC(N)=O.N[C@@H]1CNC[C@H]1c1ccccc1. The van der Waals surface area contributed by atoms with E-state index in [1.54, 1.807) is 20.8 Å². The van der Waals surface area contributed by atoms with E-state index in [0.29, 0.717) is 5.92 Å². The standard InChI is InChI=1S/C10H14N2.C5H11NO2/c11-10-7-12-6-9(10)8-4-2-1-3-5-8;1-5(2,3)8-4(6)7/h1-5,9-10,12H,6-7,11H2;1-3H3,(H2,6,7)/t9-,10+;/m0./s1. The lowest BCUT2D eigenvalue weighted by Crippen LogP contribution is -2.27. The highest BCUT2D eigenvalue weighted by molar-refractivity contribution is 5.65. The van der Waals surface area contributed by atoms with Gasteiger partial charge in [0.2, 0.25) is 0 Å². The second kappa shape index (κ2) is 7.26. The fraction of sp³-hybridized carbons (Fsp3) is 0.533. The molecule has 0 bridgehead atoms. The van der Waals surface area contributed by atoms with E-state index in [-0.39, 0.29) is 6.04 Å². The quantitative estimate of drug-likeness (QED) is 0.728. The van der Waals surface area contributed by atoms with Crippen molar-refractivity contribution < 1.29 is 9.53 Å². The van der Waals surface area contributed by atoms with Crippen molar-refractivity contribution in [1.29, 1.82) is 0 Å². The number of primary amides is 1. The topological polar surface area (TPSA) is 90.4 Å². The van der Waals surface area contributed by atoms with Crippen LogP contribution in [0.5, 0.6) is 0 Å². The lowest BCUT2D eigenvalue weighted by atomic mass is 9.95. The third kappa shape index (κ3) is 6.04. The number of rotatable bonds is 1. The minimum atomic E-state index is -0.725. The van der Waals surface area contributed by atoms with Crippen molar-refractivity contribution in [3.63, 3.8) is 0 Å². The third-order valence-electron chi connectivity index (χ3n) is 2.90. The molecule has 112 valence electrons. The molecule has 0 unspecified atom stereocenters. The Balaban J connectivity index is 0.000000221. The molecule has 1 aromatic carbocycles. The van der Waals surface area contributed by atoms with Gasteiger partial charge in [-0.1, -0.05) is 30.3 Å². The van der Waals surface area contributed by atoms with Crippen LogP contribution in [-0.2, 0) is 4.74 Å². The average Bonchev–Trinajstić information content (AvgIpc) is 2.74. The van der Waals surface area contributed by atoms with E-state index in [9.17, 15) is 4.79 Å². The van der Waals surface area contributed by atoms with Crippen molar-refractivity contribution in [3.8, 4) is 0 Å². The normalized spacial score (nSPS) is 21.8. The van der Waals surface area contributed by atoms with Gasteiger partial charge in [-0.15, -0.1) is 0 Å². The van der Waals surface area contributed by atoms with E-state index in [1.807, 2.05) is 6.07 Å². The molecule has 1 aromatic rings. The first kappa shape index (κ1) is 16.5. The maximum Gasteiger partial charge on any atom is 0.405 e. The monoisotopic (exact) mass is 279 g/mol. The van der Waals surface area contributed by atoms with Gasteiger partial charge in [0.05, 0.1) is 0 Å². The molecule has 5 N–H and O–H groups in total. The van der Waals surface area contributed by atoms with Crippen LogP contribution in [0.1, 0.15) is 32.3 Å². The lowest BCUT2D eigenvalue weighted by molar-refractivity contribution is 0.0600. The molecule has 1 amide bonds. The Labute approximate surface area is 120 Å².